The maximum Gasteiger partial charge on any atom is 0.304 e. The lowest BCUT2D eigenvalue weighted by Gasteiger charge is -1.80. The van der Waals surface area contributed by atoms with Gasteiger partial charge in [0.15, 0.2) is 0 Å². The Morgan fingerprint density at radius 3 is 1.18 bits per heavy atom. The van der Waals surface area contributed by atoms with Crippen molar-refractivity contribution in [1.29, 1.82) is 0 Å². The van der Waals surface area contributed by atoms with Gasteiger partial charge in [0.2, 0.25) is 0 Å². The lowest BCUT2D eigenvalue weighted by molar-refractivity contribution is -0.137. The van der Waals surface area contributed by atoms with E-state index in [1.54, 1.807) is 0 Å². The van der Waals surface area contributed by atoms with E-state index in [0.717, 1.165) is 11.8 Å². The summed E-state index contributed by atoms with van der Waals surface area (Å²) in [5.41, 5.74) is 0. The topological polar surface area (TPSA) is 115 Å². The number of hydrogen-bond acceptors (Lipinski definition) is 7. The van der Waals surface area contributed by atoms with Crippen LogP contribution in [0.15, 0.2) is 0 Å². The smallest absolute Gasteiger partial charge is 0.304 e. The molecule has 0 rings (SSSR count). The summed E-state index contributed by atoms with van der Waals surface area (Å²) in [6, 6.07) is 0. The zero-order valence-corrected chi connectivity index (χ0v) is 11.8. The highest BCUT2D eigenvalue weighted by molar-refractivity contribution is 7.98. The van der Waals surface area contributed by atoms with Gasteiger partial charge in [-0.25, -0.2) is 0 Å². The summed E-state index contributed by atoms with van der Waals surface area (Å²) in [5.74, 6) is -0.701. The van der Waals surface area contributed by atoms with Crippen LogP contribution in [0.25, 0.3) is 0 Å². The second-order valence-corrected chi connectivity index (χ2v) is 4.02. The summed E-state index contributed by atoms with van der Waals surface area (Å²) in [6.07, 6.45) is 0.312. The number of thioether (sulfide) groups is 1. The Morgan fingerprint density at radius 1 is 0.882 bits per heavy atom. The van der Waals surface area contributed by atoms with Gasteiger partial charge in [-0.05, 0) is 0 Å². The van der Waals surface area contributed by atoms with Crippen LogP contribution in [-0.2, 0) is 9.59 Å². The van der Waals surface area contributed by atoms with E-state index >= 15 is 0 Å². The molecule has 0 heterocycles. The lowest BCUT2D eigenvalue weighted by Crippen LogP contribution is -1.93. The van der Waals surface area contributed by atoms with Crippen molar-refractivity contribution in [2.45, 2.75) is 12.8 Å². The summed E-state index contributed by atoms with van der Waals surface area (Å²) in [7, 11) is 0. The monoisotopic (exact) mass is 306 g/mol. The third-order valence-electron chi connectivity index (χ3n) is 0.834. The van der Waals surface area contributed by atoms with Gasteiger partial charge < -0.3 is 20.4 Å². The predicted octanol–water partition coefficient (Wildman–Crippen LogP) is 0.401. The number of carboxylic acids is 2. The number of carboxylic acid groups (broad SMARTS) is 2. The van der Waals surface area contributed by atoms with E-state index in [4.69, 9.17) is 20.4 Å². The molecular formula is C8H18O6S3. The number of aliphatic hydroxyl groups is 2. The van der Waals surface area contributed by atoms with Crippen LogP contribution in [0, 0.1) is 0 Å². The van der Waals surface area contributed by atoms with E-state index in [1.165, 1.54) is 0 Å². The van der Waals surface area contributed by atoms with Crippen LogP contribution in [0.1, 0.15) is 12.8 Å². The van der Waals surface area contributed by atoms with E-state index in [2.05, 4.69) is 25.3 Å². The largest absolute Gasteiger partial charge is 0.481 e. The Balaban J connectivity index is -0.000000174. The highest BCUT2D eigenvalue weighted by atomic mass is 32.2. The maximum atomic E-state index is 9.55. The van der Waals surface area contributed by atoms with Crippen molar-refractivity contribution in [3.8, 4) is 0 Å². The van der Waals surface area contributed by atoms with Crippen LogP contribution >= 0.6 is 37.0 Å². The van der Waals surface area contributed by atoms with Gasteiger partial charge in [-0.3, -0.25) is 9.59 Å². The molecule has 0 aromatic heterocycles. The summed E-state index contributed by atoms with van der Waals surface area (Å²) in [5, 5.41) is 31.5. The van der Waals surface area contributed by atoms with Crippen molar-refractivity contribution in [3.63, 3.8) is 0 Å². The van der Waals surface area contributed by atoms with Gasteiger partial charge in [-0.1, -0.05) is 0 Å². The maximum absolute atomic E-state index is 9.55. The zero-order chi connectivity index (χ0) is 14.1. The summed E-state index contributed by atoms with van der Waals surface area (Å²) < 4.78 is 0. The van der Waals surface area contributed by atoms with Gasteiger partial charge in [0.1, 0.15) is 0 Å². The first-order valence-corrected chi connectivity index (χ1v) is 6.82. The van der Waals surface area contributed by atoms with E-state index in [1.807, 2.05) is 0 Å². The molecule has 9 heteroatoms. The molecule has 6 nitrogen and oxygen atoms in total. The van der Waals surface area contributed by atoms with Crippen molar-refractivity contribution in [2.24, 2.45) is 0 Å². The Kier molecular flexibility index (Phi) is 27.6. The normalized spacial score (nSPS) is 8.24. The molecule has 4 N–H and O–H groups in total. The fraction of sp³-hybridized carbons (Fsp3) is 0.750. The van der Waals surface area contributed by atoms with Gasteiger partial charge in [-0.15, -0.1) is 11.8 Å². The summed E-state index contributed by atoms with van der Waals surface area (Å²) in [6.45, 7) is 0. The van der Waals surface area contributed by atoms with E-state index in [9.17, 15) is 9.59 Å². The molecule has 0 aliphatic heterocycles. The molecule has 0 saturated heterocycles. The van der Waals surface area contributed by atoms with Crippen molar-refractivity contribution >= 4 is 49.0 Å². The summed E-state index contributed by atoms with van der Waals surface area (Å²) >= 11 is 8.43. The average molecular weight is 306 g/mol. The SMILES string of the molecule is O=C(O)CCS.O=C(O)CCS.OCSCO. The Hall–Kier alpha value is -0.0900. The fourth-order valence-electron chi connectivity index (χ4n) is 0.232. The number of aliphatic carboxylic acids is 2. The molecule has 0 unspecified atom stereocenters. The molecule has 0 amide bonds. The molecule has 0 fully saturated rings. The number of aliphatic hydroxyl groups excluding tert-OH is 2. The first kappa shape index (κ1) is 22.1. The standard InChI is InChI=1S/2C3H6O2S.C2H6O2S/c2*4-3(5)1-2-6;3-1-5-2-4/h2*6H,1-2H2,(H,4,5);3-4H,1-2H2. The molecule has 0 aromatic rings. The van der Waals surface area contributed by atoms with Gasteiger partial charge in [0.25, 0.3) is 0 Å². The molecule has 0 aliphatic rings. The molecule has 0 spiro atoms. The van der Waals surface area contributed by atoms with Gasteiger partial charge in [0.05, 0.1) is 24.7 Å². The third-order valence-corrected chi connectivity index (χ3v) is 1.65. The van der Waals surface area contributed by atoms with Crippen LogP contribution < -0.4 is 0 Å². The second kappa shape index (κ2) is 21.2. The van der Waals surface area contributed by atoms with Crippen molar-refractivity contribution < 1.29 is 30.0 Å². The quantitative estimate of drug-likeness (QED) is 0.311. The van der Waals surface area contributed by atoms with Crippen molar-refractivity contribution in [2.75, 3.05) is 23.4 Å². The van der Waals surface area contributed by atoms with E-state index < -0.39 is 11.9 Å². The van der Waals surface area contributed by atoms with Gasteiger partial charge in [0, 0.05) is 11.5 Å². The minimum absolute atomic E-state index is 0.0104. The van der Waals surface area contributed by atoms with Crippen LogP contribution in [0.3, 0.4) is 0 Å². The highest BCUT2D eigenvalue weighted by Crippen LogP contribution is 1.88. The van der Waals surface area contributed by atoms with Crippen molar-refractivity contribution in [3.05, 3.63) is 0 Å². The third kappa shape index (κ3) is 49.2. The molecular weight excluding hydrogens is 288 g/mol. The Labute approximate surface area is 115 Å². The van der Waals surface area contributed by atoms with Crippen molar-refractivity contribution in [1.82, 2.24) is 0 Å². The molecule has 17 heavy (non-hydrogen) atoms. The first-order chi connectivity index (χ1) is 7.95. The molecule has 0 bridgehead atoms. The number of hydrogen-bond donors (Lipinski definition) is 6. The van der Waals surface area contributed by atoms with E-state index in [0.29, 0.717) is 11.5 Å². The molecule has 0 aliphatic carbocycles. The lowest BCUT2D eigenvalue weighted by atomic mass is 10.5. The molecule has 0 aromatic carbocycles. The number of rotatable bonds is 6. The van der Waals surface area contributed by atoms with Crippen LogP contribution in [0.2, 0.25) is 0 Å². The molecule has 104 valence electrons. The Bertz CT molecular complexity index is 161. The molecule has 0 saturated carbocycles. The minimum atomic E-state index is -0.787. The average Bonchev–Trinajstić information content (AvgIpc) is 2.20. The number of carbonyl (C=O) groups is 2. The summed E-state index contributed by atoms with van der Waals surface area (Å²) in [4.78, 5) is 19.1. The predicted molar refractivity (Wildman–Crippen MR) is 74.0 cm³/mol. The second-order valence-electron chi connectivity index (χ2n) is 2.20. The fourth-order valence-corrected chi connectivity index (χ4v) is 0.696. The first-order valence-electron chi connectivity index (χ1n) is 4.40. The highest BCUT2D eigenvalue weighted by Gasteiger charge is 1.88. The molecule has 0 atom stereocenters. The van der Waals surface area contributed by atoms with Gasteiger partial charge >= 0.3 is 11.9 Å². The Morgan fingerprint density at radius 2 is 1.18 bits per heavy atom. The zero-order valence-electron chi connectivity index (χ0n) is 9.15. The number of thiol groups is 2. The van der Waals surface area contributed by atoms with E-state index in [-0.39, 0.29) is 24.7 Å². The van der Waals surface area contributed by atoms with Crippen LogP contribution in [0.4, 0.5) is 0 Å². The minimum Gasteiger partial charge on any atom is -0.481 e. The molecule has 0 radical (unpaired) electrons. The van der Waals surface area contributed by atoms with Crippen LogP contribution in [0.5, 0.6) is 0 Å². The van der Waals surface area contributed by atoms with Crippen LogP contribution in [-0.4, -0.2) is 55.7 Å². The van der Waals surface area contributed by atoms with Gasteiger partial charge in [-0.2, -0.15) is 25.3 Å².